The Labute approximate surface area is 194 Å². The maximum atomic E-state index is 6.88. The zero-order valence-electron chi connectivity index (χ0n) is 20.2. The fourth-order valence-corrected chi connectivity index (χ4v) is 5.52. The van der Waals surface area contributed by atoms with Crippen molar-refractivity contribution in [3.05, 3.63) is 71.5 Å². The molecule has 0 unspecified atom stereocenters. The molecule has 33 heavy (non-hydrogen) atoms. The van der Waals surface area contributed by atoms with Gasteiger partial charge in [0.15, 0.2) is 11.2 Å². The third kappa shape index (κ3) is 2.88. The Kier molecular flexibility index (Phi) is 4.14. The van der Waals surface area contributed by atoms with Gasteiger partial charge in [0.2, 0.25) is 0 Å². The van der Waals surface area contributed by atoms with Crippen LogP contribution >= 0.6 is 0 Å². The number of hydrogen-bond donors (Lipinski definition) is 0. The summed E-state index contributed by atoms with van der Waals surface area (Å²) in [5.74, 6) is 1.91. The van der Waals surface area contributed by atoms with E-state index in [-0.39, 0.29) is 5.41 Å². The van der Waals surface area contributed by atoms with Gasteiger partial charge in [0.25, 0.3) is 6.33 Å². The van der Waals surface area contributed by atoms with Crippen molar-refractivity contribution >= 4 is 32.4 Å². The lowest BCUT2D eigenvalue weighted by atomic mass is 9.82. The Morgan fingerprint density at radius 3 is 2.39 bits per heavy atom. The van der Waals surface area contributed by atoms with E-state index in [2.05, 4.69) is 94.8 Å². The molecule has 0 atom stereocenters. The van der Waals surface area contributed by atoms with E-state index >= 15 is 0 Å². The molecule has 0 amide bonds. The molecule has 1 aliphatic rings. The van der Waals surface area contributed by atoms with Crippen molar-refractivity contribution in [3.8, 4) is 22.8 Å². The molecule has 3 nitrogen and oxygen atoms in total. The van der Waals surface area contributed by atoms with Gasteiger partial charge in [0.05, 0.1) is 12.6 Å². The summed E-state index contributed by atoms with van der Waals surface area (Å²) in [4.78, 5) is 4.88. The van der Waals surface area contributed by atoms with E-state index in [1.807, 2.05) is 6.33 Å². The molecule has 6 rings (SSSR count). The van der Waals surface area contributed by atoms with Crippen LogP contribution in [0.25, 0.3) is 43.7 Å². The van der Waals surface area contributed by atoms with Crippen molar-refractivity contribution < 1.29 is 9.30 Å². The van der Waals surface area contributed by atoms with Gasteiger partial charge in [-0.3, -0.25) is 0 Å². The molecular weight excluding hydrogens is 404 g/mol. The largest absolute Gasteiger partial charge is 0.455 e. The summed E-state index contributed by atoms with van der Waals surface area (Å²) in [6.45, 7) is 11.3. The van der Waals surface area contributed by atoms with E-state index in [0.717, 1.165) is 28.8 Å². The molecule has 0 spiro atoms. The maximum Gasteiger partial charge on any atom is 0.287 e. The van der Waals surface area contributed by atoms with Crippen LogP contribution in [0.15, 0.2) is 54.9 Å². The highest BCUT2D eigenvalue weighted by molar-refractivity contribution is 6.15. The van der Waals surface area contributed by atoms with Crippen LogP contribution in [-0.2, 0) is 13.5 Å². The van der Waals surface area contributed by atoms with Crippen LogP contribution in [0.4, 0.5) is 0 Å². The summed E-state index contributed by atoms with van der Waals surface area (Å²) in [6, 6.07) is 17.4. The number of fused-ring (bicyclic) bond motifs is 5. The number of nitrogens with zero attached hydrogens (tertiary/aromatic N) is 2. The second kappa shape index (κ2) is 6.77. The molecule has 0 radical (unpaired) electrons. The Balaban J connectivity index is 1.83. The average molecular weight is 434 g/mol. The third-order valence-corrected chi connectivity index (χ3v) is 6.98. The summed E-state index contributed by atoms with van der Waals surface area (Å²) in [6.07, 6.45) is 2.90. The van der Waals surface area contributed by atoms with Gasteiger partial charge < -0.3 is 4.74 Å². The Morgan fingerprint density at radius 2 is 1.64 bits per heavy atom. The molecule has 0 saturated heterocycles. The minimum absolute atomic E-state index is 0.130. The van der Waals surface area contributed by atoms with Crippen molar-refractivity contribution in [2.45, 2.75) is 41.0 Å². The molecule has 164 valence electrons. The highest BCUT2D eigenvalue weighted by Gasteiger charge is 2.34. The third-order valence-electron chi connectivity index (χ3n) is 6.98. The van der Waals surface area contributed by atoms with E-state index in [9.17, 15) is 0 Å². The lowest BCUT2D eigenvalue weighted by Crippen LogP contribution is -2.33. The van der Waals surface area contributed by atoms with Gasteiger partial charge in [-0.05, 0) is 70.1 Å². The van der Waals surface area contributed by atoms with Crippen LogP contribution in [0.1, 0.15) is 37.5 Å². The number of ether oxygens (including phenoxy) is 1. The molecule has 0 bridgehead atoms. The van der Waals surface area contributed by atoms with Crippen LogP contribution in [0.2, 0.25) is 0 Å². The normalized spacial score (nSPS) is 12.9. The van der Waals surface area contributed by atoms with Crippen molar-refractivity contribution in [2.24, 2.45) is 12.5 Å². The summed E-state index contributed by atoms with van der Waals surface area (Å²) in [5, 5.41) is 6.06. The van der Waals surface area contributed by atoms with E-state index in [4.69, 9.17) is 9.72 Å². The Hall–Kier alpha value is -3.46. The highest BCUT2D eigenvalue weighted by Crippen LogP contribution is 2.52. The topological polar surface area (TPSA) is 26.0 Å². The van der Waals surface area contributed by atoms with Gasteiger partial charge in [-0.15, -0.1) is 0 Å². The smallest absolute Gasteiger partial charge is 0.287 e. The number of benzene rings is 4. The Bertz CT molecular complexity index is 1620. The first-order chi connectivity index (χ1) is 15.7. The molecular formula is C30H29N2O+. The number of rotatable bonds is 1. The van der Waals surface area contributed by atoms with Crippen molar-refractivity contribution in [3.63, 3.8) is 0 Å². The lowest BCUT2D eigenvalue weighted by Gasteiger charge is -2.28. The quantitative estimate of drug-likeness (QED) is 0.200. The maximum absolute atomic E-state index is 6.88. The molecule has 3 heteroatoms. The highest BCUT2D eigenvalue weighted by atomic mass is 16.5. The number of hydrogen-bond acceptors (Lipinski definition) is 2. The molecule has 4 aromatic carbocycles. The van der Waals surface area contributed by atoms with Crippen LogP contribution in [0, 0.1) is 19.3 Å². The van der Waals surface area contributed by atoms with Crippen molar-refractivity contribution in [1.29, 1.82) is 0 Å². The van der Waals surface area contributed by atoms with E-state index in [0.29, 0.717) is 0 Å². The molecule has 5 aromatic rings. The fourth-order valence-electron chi connectivity index (χ4n) is 5.52. The number of aromatic nitrogens is 2. The molecule has 1 aliphatic heterocycles. The predicted octanol–water partition coefficient (Wildman–Crippen LogP) is 7.34. The van der Waals surface area contributed by atoms with Gasteiger partial charge in [0.1, 0.15) is 16.9 Å². The van der Waals surface area contributed by atoms with E-state index in [1.54, 1.807) is 0 Å². The minimum Gasteiger partial charge on any atom is -0.455 e. The summed E-state index contributed by atoms with van der Waals surface area (Å²) >= 11 is 0. The van der Waals surface area contributed by atoms with Gasteiger partial charge in [-0.25, -0.2) is 4.57 Å². The van der Waals surface area contributed by atoms with Crippen molar-refractivity contribution in [1.82, 2.24) is 4.98 Å². The van der Waals surface area contributed by atoms with Gasteiger partial charge in [-0.1, -0.05) is 57.2 Å². The zero-order valence-corrected chi connectivity index (χ0v) is 20.2. The lowest BCUT2D eigenvalue weighted by molar-refractivity contribution is -0.662. The van der Waals surface area contributed by atoms with E-state index in [1.165, 1.54) is 49.5 Å². The van der Waals surface area contributed by atoms with Gasteiger partial charge >= 0.3 is 0 Å². The monoisotopic (exact) mass is 433 g/mol. The van der Waals surface area contributed by atoms with Gasteiger partial charge in [0, 0.05) is 10.9 Å². The molecule has 0 fully saturated rings. The van der Waals surface area contributed by atoms with E-state index < -0.39 is 0 Å². The second-order valence-electron chi connectivity index (χ2n) is 10.7. The van der Waals surface area contributed by atoms with Crippen LogP contribution < -0.4 is 9.30 Å². The fraction of sp³-hybridized carbons (Fsp3) is 0.267. The first-order valence-electron chi connectivity index (χ1n) is 11.7. The molecule has 1 aromatic heterocycles. The first-order valence-corrected chi connectivity index (χ1v) is 11.7. The summed E-state index contributed by atoms with van der Waals surface area (Å²) in [5.41, 5.74) is 7.32. The van der Waals surface area contributed by atoms with Crippen LogP contribution in [0.3, 0.4) is 0 Å². The molecule has 0 N–H and O–H groups in total. The van der Waals surface area contributed by atoms with Crippen LogP contribution in [-0.4, -0.2) is 4.98 Å². The summed E-state index contributed by atoms with van der Waals surface area (Å²) < 4.78 is 9.04. The van der Waals surface area contributed by atoms with Crippen molar-refractivity contribution in [2.75, 3.05) is 0 Å². The van der Waals surface area contributed by atoms with Crippen LogP contribution in [0.5, 0.6) is 11.5 Å². The number of aryl methyl sites for hydroxylation is 3. The average Bonchev–Trinajstić information content (AvgIpc) is 2.78. The molecule has 2 heterocycles. The summed E-state index contributed by atoms with van der Waals surface area (Å²) in [7, 11) is 2.10. The van der Waals surface area contributed by atoms with Gasteiger partial charge in [-0.2, -0.15) is 0 Å². The first kappa shape index (κ1) is 20.2. The predicted molar refractivity (Wildman–Crippen MR) is 136 cm³/mol. The standard InChI is InChI=1S/C30H29N2O/c1-17-10-9-13-21-22(17)14-24-26-27(21)31-16-32(6)28(26)25-18(2)19-11-7-8-12-20(19)23(29(25)33-24)15-30(3,4)5/h7-14,16H,15H2,1-6H3/q+1. The molecule has 0 aliphatic carbocycles. The minimum atomic E-state index is 0.130. The Morgan fingerprint density at radius 1 is 0.909 bits per heavy atom. The SMILES string of the molecule is Cc1c2c(c(CC(C)(C)C)c3ccccc13)Oc1cc3c(C)cccc3c3nc[n+](C)c-2c13. The zero-order chi connectivity index (χ0) is 23.1. The second-order valence-corrected chi connectivity index (χ2v) is 10.7. The molecule has 0 saturated carbocycles.